The Kier molecular flexibility index (Phi) is 4.78. The summed E-state index contributed by atoms with van der Waals surface area (Å²) < 4.78 is 34.3. The summed E-state index contributed by atoms with van der Waals surface area (Å²) >= 11 is 0. The summed E-state index contributed by atoms with van der Waals surface area (Å²) in [6.45, 7) is 0.134. The van der Waals surface area contributed by atoms with Gasteiger partial charge in [0.15, 0.2) is 5.69 Å². The van der Waals surface area contributed by atoms with E-state index in [9.17, 15) is 18.4 Å². The Bertz CT molecular complexity index is 1180. The Morgan fingerprint density at radius 3 is 2.52 bits per heavy atom. The molecule has 0 saturated carbocycles. The third-order valence-corrected chi connectivity index (χ3v) is 4.17. The van der Waals surface area contributed by atoms with E-state index < -0.39 is 29.1 Å². The van der Waals surface area contributed by atoms with Gasteiger partial charge in [0, 0.05) is 6.20 Å². The minimum absolute atomic E-state index is 0.0497. The molecule has 7 nitrogen and oxygen atoms in total. The van der Waals surface area contributed by atoms with Crippen molar-refractivity contribution in [3.8, 4) is 0 Å². The van der Waals surface area contributed by atoms with Crippen LogP contribution < -0.4 is 10.6 Å². The van der Waals surface area contributed by atoms with Crippen LogP contribution in [0.25, 0.3) is 5.52 Å². The zero-order valence-electron chi connectivity index (χ0n) is 14.9. The van der Waals surface area contributed by atoms with Gasteiger partial charge in [0.05, 0.1) is 18.3 Å². The number of fused-ring (bicyclic) bond motifs is 1. The molecule has 0 aliphatic rings. The van der Waals surface area contributed by atoms with Crippen molar-refractivity contribution < 1.29 is 22.8 Å². The molecule has 0 fully saturated rings. The fraction of sp³-hybridized carbons (Fsp3) is 0.0500. The maximum Gasteiger partial charge on any atom is 0.288 e. The molecule has 0 radical (unpaired) electrons. The number of hydrogen-bond acceptors (Lipinski definition) is 4. The van der Waals surface area contributed by atoms with Crippen molar-refractivity contribution in [3.05, 3.63) is 89.9 Å². The number of carbonyl (C=O) groups is 2. The van der Waals surface area contributed by atoms with E-state index in [0.717, 1.165) is 12.1 Å². The number of imidazole rings is 1. The lowest BCUT2D eigenvalue weighted by molar-refractivity contribution is 0.0937. The highest BCUT2D eigenvalue weighted by atomic mass is 19.1. The maximum absolute atomic E-state index is 13.9. The average molecular weight is 396 g/mol. The number of pyridine rings is 1. The van der Waals surface area contributed by atoms with E-state index in [1.807, 2.05) is 0 Å². The third-order valence-electron chi connectivity index (χ3n) is 4.17. The summed E-state index contributed by atoms with van der Waals surface area (Å²) in [6, 6.07) is 11.5. The van der Waals surface area contributed by atoms with E-state index in [0.29, 0.717) is 11.3 Å². The molecular formula is C20H14F2N4O3. The number of amides is 2. The molecule has 1 aromatic carbocycles. The molecule has 0 saturated heterocycles. The van der Waals surface area contributed by atoms with Gasteiger partial charge in [-0.25, -0.2) is 13.8 Å². The van der Waals surface area contributed by atoms with E-state index >= 15 is 0 Å². The minimum Gasteiger partial charge on any atom is -0.467 e. The zero-order valence-corrected chi connectivity index (χ0v) is 14.9. The first-order valence-corrected chi connectivity index (χ1v) is 8.57. The van der Waals surface area contributed by atoms with Crippen LogP contribution in [0.2, 0.25) is 0 Å². The molecule has 0 bridgehead atoms. The number of benzene rings is 1. The largest absolute Gasteiger partial charge is 0.467 e. The molecule has 0 aliphatic carbocycles. The van der Waals surface area contributed by atoms with E-state index in [4.69, 9.17) is 4.42 Å². The van der Waals surface area contributed by atoms with Gasteiger partial charge in [-0.1, -0.05) is 12.1 Å². The van der Waals surface area contributed by atoms with Crippen LogP contribution in [0, 0.1) is 11.6 Å². The molecule has 0 aliphatic heterocycles. The Balaban J connectivity index is 1.65. The summed E-state index contributed by atoms with van der Waals surface area (Å²) in [6.07, 6.45) is 3.04. The standard InChI is InChI=1S/C20H14F2N4O3/c21-13-6-3-7-14(22)16(13)25-19(27)17-15-8-1-2-9-26(15)18(24-17)20(28)23-11-12-5-4-10-29-12/h1-10H,11H2,(H,23,28)(H,25,27). The van der Waals surface area contributed by atoms with Crippen LogP contribution in [0.4, 0.5) is 14.5 Å². The van der Waals surface area contributed by atoms with Gasteiger partial charge < -0.3 is 15.1 Å². The molecule has 2 N–H and O–H groups in total. The molecule has 146 valence electrons. The van der Waals surface area contributed by atoms with Crippen LogP contribution in [-0.2, 0) is 6.54 Å². The number of nitrogens with zero attached hydrogens (tertiary/aromatic N) is 2. The molecule has 0 atom stereocenters. The van der Waals surface area contributed by atoms with Crippen molar-refractivity contribution in [2.24, 2.45) is 0 Å². The van der Waals surface area contributed by atoms with Gasteiger partial charge >= 0.3 is 0 Å². The average Bonchev–Trinajstić information content (AvgIpc) is 3.37. The van der Waals surface area contributed by atoms with Crippen molar-refractivity contribution in [1.29, 1.82) is 0 Å². The number of nitrogens with one attached hydrogen (secondary N) is 2. The van der Waals surface area contributed by atoms with E-state index in [1.54, 1.807) is 36.5 Å². The lowest BCUT2D eigenvalue weighted by atomic mass is 10.2. The maximum atomic E-state index is 13.9. The van der Waals surface area contributed by atoms with Gasteiger partial charge in [0.1, 0.15) is 23.1 Å². The Labute approximate surface area is 163 Å². The second kappa shape index (κ2) is 7.55. The number of para-hydroxylation sites is 1. The SMILES string of the molecule is O=C(Nc1c(F)cccc1F)c1nc(C(=O)NCc2ccco2)n2ccccc12. The van der Waals surface area contributed by atoms with Gasteiger partial charge in [-0.2, -0.15) is 0 Å². The first-order valence-electron chi connectivity index (χ1n) is 8.57. The summed E-state index contributed by atoms with van der Waals surface area (Å²) in [4.78, 5) is 29.3. The monoisotopic (exact) mass is 396 g/mol. The van der Waals surface area contributed by atoms with Gasteiger partial charge in [0.2, 0.25) is 5.82 Å². The van der Waals surface area contributed by atoms with Crippen LogP contribution in [0.1, 0.15) is 26.9 Å². The predicted molar refractivity (Wildman–Crippen MR) is 99.4 cm³/mol. The van der Waals surface area contributed by atoms with E-state index in [1.165, 1.54) is 16.7 Å². The number of aromatic nitrogens is 2. The number of halogens is 2. The fourth-order valence-electron chi connectivity index (χ4n) is 2.81. The van der Waals surface area contributed by atoms with E-state index in [-0.39, 0.29) is 18.1 Å². The quantitative estimate of drug-likeness (QED) is 0.541. The van der Waals surface area contributed by atoms with Crippen molar-refractivity contribution in [2.75, 3.05) is 5.32 Å². The van der Waals surface area contributed by atoms with Crippen LogP contribution >= 0.6 is 0 Å². The molecule has 3 heterocycles. The number of rotatable bonds is 5. The van der Waals surface area contributed by atoms with Gasteiger partial charge in [-0.15, -0.1) is 0 Å². The second-order valence-corrected chi connectivity index (χ2v) is 6.05. The predicted octanol–water partition coefficient (Wildman–Crippen LogP) is 3.39. The third kappa shape index (κ3) is 3.57. The van der Waals surface area contributed by atoms with Crippen molar-refractivity contribution in [3.63, 3.8) is 0 Å². The first kappa shape index (κ1) is 18.4. The topological polar surface area (TPSA) is 88.6 Å². The molecule has 0 unspecified atom stereocenters. The molecule has 4 rings (SSSR count). The molecule has 9 heteroatoms. The molecule has 29 heavy (non-hydrogen) atoms. The first-order chi connectivity index (χ1) is 14.0. The van der Waals surface area contributed by atoms with Crippen molar-refractivity contribution in [1.82, 2.24) is 14.7 Å². The smallest absolute Gasteiger partial charge is 0.288 e. The summed E-state index contributed by atoms with van der Waals surface area (Å²) in [5.74, 6) is -2.73. The molecule has 3 aromatic heterocycles. The summed E-state index contributed by atoms with van der Waals surface area (Å²) in [5, 5.41) is 4.83. The minimum atomic E-state index is -0.918. The fourth-order valence-corrected chi connectivity index (χ4v) is 2.81. The number of furan rings is 1. The van der Waals surface area contributed by atoms with Crippen molar-refractivity contribution >= 4 is 23.0 Å². The number of hydrogen-bond donors (Lipinski definition) is 2. The highest BCUT2D eigenvalue weighted by Crippen LogP contribution is 2.20. The summed E-state index contributed by atoms with van der Waals surface area (Å²) in [7, 11) is 0. The van der Waals surface area contributed by atoms with Gasteiger partial charge in [-0.05, 0) is 36.4 Å². The second-order valence-electron chi connectivity index (χ2n) is 6.05. The summed E-state index contributed by atoms with van der Waals surface area (Å²) in [5.41, 5.74) is -0.417. The molecule has 2 amide bonds. The molecule has 4 aromatic rings. The Hall–Kier alpha value is -4.01. The van der Waals surface area contributed by atoms with Crippen LogP contribution in [0.15, 0.2) is 65.4 Å². The Morgan fingerprint density at radius 1 is 1.00 bits per heavy atom. The van der Waals surface area contributed by atoms with Crippen LogP contribution in [0.5, 0.6) is 0 Å². The highest BCUT2D eigenvalue weighted by Gasteiger charge is 2.23. The normalized spacial score (nSPS) is 10.8. The zero-order chi connectivity index (χ0) is 20.4. The van der Waals surface area contributed by atoms with Gasteiger partial charge in [0.25, 0.3) is 11.8 Å². The van der Waals surface area contributed by atoms with Crippen LogP contribution in [-0.4, -0.2) is 21.2 Å². The van der Waals surface area contributed by atoms with Crippen molar-refractivity contribution in [2.45, 2.75) is 6.54 Å². The van der Waals surface area contributed by atoms with Crippen LogP contribution in [0.3, 0.4) is 0 Å². The molecular weight excluding hydrogens is 382 g/mol. The van der Waals surface area contributed by atoms with E-state index in [2.05, 4.69) is 15.6 Å². The lowest BCUT2D eigenvalue weighted by Crippen LogP contribution is -2.25. The number of anilines is 1. The molecule has 0 spiro atoms. The van der Waals surface area contributed by atoms with Gasteiger partial charge in [-0.3, -0.25) is 14.0 Å². The Morgan fingerprint density at radius 2 is 1.79 bits per heavy atom. The number of carbonyl (C=O) groups excluding carboxylic acids is 2. The highest BCUT2D eigenvalue weighted by molar-refractivity contribution is 6.09. The lowest BCUT2D eigenvalue weighted by Gasteiger charge is -2.06.